The molecule has 11 heteroatoms. The minimum Gasteiger partial charge on any atom is -0.468 e. The van der Waals surface area contributed by atoms with E-state index in [9.17, 15) is 23.7 Å². The molecule has 2 amide bonds. The van der Waals surface area contributed by atoms with Gasteiger partial charge in [-0.15, -0.1) is 0 Å². The predicted octanol–water partition coefficient (Wildman–Crippen LogP) is 0.852. The molecular weight excluding hydrogens is 381 g/mol. The Bertz CT molecular complexity index is 794. The van der Waals surface area contributed by atoms with Crippen LogP contribution < -0.4 is 0 Å². The summed E-state index contributed by atoms with van der Waals surface area (Å²) in [5.41, 5.74) is -1.87. The third-order valence-electron chi connectivity index (χ3n) is 4.14. The fraction of sp³-hybridized carbons (Fsp3) is 0.375. The molecule has 1 aliphatic heterocycles. The Balaban J connectivity index is 2.66. The molecule has 10 nitrogen and oxygen atoms in total. The summed E-state index contributed by atoms with van der Waals surface area (Å²) in [6.07, 6.45) is 0. The lowest BCUT2D eigenvalue weighted by molar-refractivity contribution is -0.151. The van der Waals surface area contributed by atoms with Gasteiger partial charge >= 0.3 is 19.5 Å². The Morgan fingerprint density at radius 3 is 1.70 bits per heavy atom. The largest absolute Gasteiger partial charge is 0.468 e. The molecule has 1 heterocycles. The van der Waals surface area contributed by atoms with Gasteiger partial charge in [0.1, 0.15) is 0 Å². The van der Waals surface area contributed by atoms with Crippen LogP contribution in [0.4, 0.5) is 0 Å². The summed E-state index contributed by atoms with van der Waals surface area (Å²) in [5, 5.41) is 0. The topological polar surface area (TPSA) is 126 Å². The number of imide groups is 1. The summed E-state index contributed by atoms with van der Waals surface area (Å²) < 4.78 is 31.9. The smallest absolute Gasteiger partial charge is 0.347 e. The van der Waals surface area contributed by atoms with Crippen LogP contribution in [0.5, 0.6) is 0 Å². The van der Waals surface area contributed by atoms with Gasteiger partial charge in [0.2, 0.25) is 0 Å². The Morgan fingerprint density at radius 1 is 0.889 bits per heavy atom. The number of hydrogen-bond acceptors (Lipinski definition) is 9. The number of amides is 2. The maximum absolute atomic E-state index is 13.0. The van der Waals surface area contributed by atoms with E-state index in [1.807, 2.05) is 0 Å². The van der Waals surface area contributed by atoms with Crippen LogP contribution >= 0.6 is 7.60 Å². The van der Waals surface area contributed by atoms with Crippen LogP contribution in [0, 0.1) is 0 Å². The van der Waals surface area contributed by atoms with E-state index < -0.39 is 43.0 Å². The van der Waals surface area contributed by atoms with E-state index in [0.717, 1.165) is 28.4 Å². The summed E-state index contributed by atoms with van der Waals surface area (Å²) >= 11 is 0. The average molecular weight is 399 g/mol. The summed E-state index contributed by atoms with van der Waals surface area (Å²) in [7, 11) is -0.335. The van der Waals surface area contributed by atoms with Crippen LogP contribution in [0.15, 0.2) is 24.3 Å². The summed E-state index contributed by atoms with van der Waals surface area (Å²) in [6, 6.07) is 3.94. The number of methoxy groups -OCH3 is 2. The lowest BCUT2D eigenvalue weighted by Gasteiger charge is -2.32. The number of hydrogen-bond donors (Lipinski definition) is 0. The minimum absolute atomic E-state index is 0.0321. The quantitative estimate of drug-likeness (QED) is 0.373. The first kappa shape index (κ1) is 20.8. The maximum atomic E-state index is 13.0. The molecule has 2 atom stereocenters. The second-order valence-electron chi connectivity index (χ2n) is 5.37. The SMILES string of the molecule is COC(=O)[C@H]([C@@H](C(=O)OC)P(=O)(OC)OC)N1C(=O)c2ccccc2C1=O. The molecule has 0 fully saturated rings. The van der Waals surface area contributed by atoms with E-state index in [1.165, 1.54) is 24.3 Å². The predicted molar refractivity (Wildman–Crippen MR) is 90.2 cm³/mol. The van der Waals surface area contributed by atoms with Crippen LogP contribution in [0.25, 0.3) is 0 Å². The van der Waals surface area contributed by atoms with Crippen LogP contribution in [0.1, 0.15) is 20.7 Å². The Kier molecular flexibility index (Phi) is 6.15. The molecule has 27 heavy (non-hydrogen) atoms. The maximum Gasteiger partial charge on any atom is 0.347 e. The molecule has 2 rings (SSSR count). The molecule has 1 aromatic carbocycles. The van der Waals surface area contributed by atoms with Crippen molar-refractivity contribution in [1.29, 1.82) is 0 Å². The molecular formula is C16H18NO9P. The van der Waals surface area contributed by atoms with Gasteiger partial charge in [-0.2, -0.15) is 0 Å². The first-order valence-electron chi connectivity index (χ1n) is 7.61. The Labute approximate surface area is 154 Å². The highest BCUT2D eigenvalue weighted by Crippen LogP contribution is 2.54. The third-order valence-corrected chi connectivity index (χ3v) is 6.33. The number of carbonyl (C=O) groups is 4. The molecule has 0 N–H and O–H groups in total. The van der Waals surface area contributed by atoms with Gasteiger partial charge in [0.05, 0.1) is 25.3 Å². The van der Waals surface area contributed by atoms with Gasteiger partial charge in [-0.05, 0) is 12.1 Å². The van der Waals surface area contributed by atoms with Crippen LogP contribution in [-0.2, 0) is 32.7 Å². The zero-order valence-corrected chi connectivity index (χ0v) is 15.9. The van der Waals surface area contributed by atoms with E-state index in [4.69, 9.17) is 9.05 Å². The Morgan fingerprint density at radius 2 is 1.33 bits per heavy atom. The summed E-state index contributed by atoms with van der Waals surface area (Å²) in [4.78, 5) is 50.9. The molecule has 0 spiro atoms. The summed E-state index contributed by atoms with van der Waals surface area (Å²) in [6.45, 7) is 0. The molecule has 0 aromatic heterocycles. The van der Waals surface area contributed by atoms with Gasteiger partial charge < -0.3 is 18.5 Å². The lowest BCUT2D eigenvalue weighted by atomic mass is 10.1. The van der Waals surface area contributed by atoms with Gasteiger partial charge in [-0.3, -0.25) is 23.8 Å². The molecule has 1 aromatic rings. The number of rotatable bonds is 7. The molecule has 0 saturated heterocycles. The van der Waals surface area contributed by atoms with Crippen molar-refractivity contribution in [3.8, 4) is 0 Å². The van der Waals surface area contributed by atoms with Crippen LogP contribution in [-0.4, -0.2) is 68.8 Å². The normalized spacial score (nSPS) is 15.9. The average Bonchev–Trinajstić information content (AvgIpc) is 2.95. The van der Waals surface area contributed by atoms with E-state index in [-0.39, 0.29) is 11.1 Å². The molecule has 1 aliphatic rings. The lowest BCUT2D eigenvalue weighted by Crippen LogP contribution is -2.55. The molecule has 0 aliphatic carbocycles. The first-order valence-corrected chi connectivity index (χ1v) is 9.22. The highest BCUT2D eigenvalue weighted by Gasteiger charge is 2.57. The fourth-order valence-corrected chi connectivity index (χ4v) is 4.38. The number of ether oxygens (including phenoxy) is 2. The van der Waals surface area contributed by atoms with Crippen molar-refractivity contribution in [2.24, 2.45) is 0 Å². The van der Waals surface area contributed by atoms with Gasteiger partial charge in [0, 0.05) is 14.2 Å². The van der Waals surface area contributed by atoms with E-state index in [2.05, 4.69) is 9.47 Å². The molecule has 0 saturated carbocycles. The fourth-order valence-electron chi connectivity index (χ4n) is 2.81. The highest BCUT2D eigenvalue weighted by atomic mass is 31.2. The van der Waals surface area contributed by atoms with Crippen molar-refractivity contribution >= 4 is 31.3 Å². The van der Waals surface area contributed by atoms with E-state index in [0.29, 0.717) is 4.90 Å². The minimum atomic E-state index is -4.31. The van der Waals surface area contributed by atoms with Crippen LogP contribution in [0.2, 0.25) is 0 Å². The second kappa shape index (κ2) is 7.99. The monoisotopic (exact) mass is 399 g/mol. The van der Waals surface area contributed by atoms with E-state index >= 15 is 0 Å². The van der Waals surface area contributed by atoms with Crippen molar-refractivity contribution in [1.82, 2.24) is 4.90 Å². The number of benzene rings is 1. The van der Waals surface area contributed by atoms with Crippen molar-refractivity contribution in [2.75, 3.05) is 28.4 Å². The second-order valence-corrected chi connectivity index (χ2v) is 7.73. The number of fused-ring (bicyclic) bond motifs is 1. The summed E-state index contributed by atoms with van der Waals surface area (Å²) in [5.74, 6) is -4.03. The molecule has 146 valence electrons. The van der Waals surface area contributed by atoms with Crippen molar-refractivity contribution in [3.63, 3.8) is 0 Å². The zero-order valence-electron chi connectivity index (χ0n) is 15.0. The van der Waals surface area contributed by atoms with Crippen molar-refractivity contribution in [2.45, 2.75) is 11.7 Å². The van der Waals surface area contributed by atoms with Gasteiger partial charge in [-0.25, -0.2) is 4.79 Å². The molecule has 0 radical (unpaired) electrons. The van der Waals surface area contributed by atoms with Gasteiger partial charge in [0.25, 0.3) is 11.8 Å². The Hall–Kier alpha value is -2.55. The first-order chi connectivity index (χ1) is 12.8. The van der Waals surface area contributed by atoms with Crippen molar-refractivity contribution in [3.05, 3.63) is 35.4 Å². The number of esters is 2. The number of nitrogens with zero attached hydrogens (tertiary/aromatic N) is 1. The van der Waals surface area contributed by atoms with Crippen LogP contribution in [0.3, 0.4) is 0 Å². The van der Waals surface area contributed by atoms with Gasteiger partial charge in [-0.1, -0.05) is 12.1 Å². The number of carbonyl (C=O) groups excluding carboxylic acids is 4. The third kappa shape index (κ3) is 3.39. The highest BCUT2D eigenvalue weighted by molar-refractivity contribution is 7.55. The molecule has 0 bridgehead atoms. The molecule has 0 unspecified atom stereocenters. The van der Waals surface area contributed by atoms with Crippen molar-refractivity contribution < 1.29 is 42.3 Å². The standard InChI is InChI=1S/C16H18NO9P/c1-23-15(20)11(12(16(21)24-2)27(22,25-3)26-4)17-13(18)9-7-5-6-8-10(9)14(17)19/h5-8,11-12H,1-4H3/t11-,12-/m0/s1. The van der Waals surface area contributed by atoms with E-state index in [1.54, 1.807) is 0 Å². The zero-order chi connectivity index (χ0) is 20.4. The van der Waals surface area contributed by atoms with Gasteiger partial charge in [0.15, 0.2) is 11.7 Å².